The molecule has 0 radical (unpaired) electrons. The van der Waals surface area contributed by atoms with Gasteiger partial charge in [-0.3, -0.25) is 9.20 Å². The van der Waals surface area contributed by atoms with Crippen LogP contribution in [0.15, 0.2) is 29.2 Å². The summed E-state index contributed by atoms with van der Waals surface area (Å²) in [5, 5.41) is 4.22. The number of hydrogen-bond donors (Lipinski definition) is 0. The Morgan fingerprint density at radius 2 is 2.14 bits per heavy atom. The zero-order valence-electron chi connectivity index (χ0n) is 13.1. The molecule has 0 aromatic carbocycles. The Balaban J connectivity index is 1.77. The summed E-state index contributed by atoms with van der Waals surface area (Å²) >= 11 is 0. The van der Waals surface area contributed by atoms with Crippen molar-refractivity contribution in [2.24, 2.45) is 5.92 Å². The maximum Gasteiger partial charge on any atom is 0.350 e. The molecule has 2 heterocycles. The van der Waals surface area contributed by atoms with Gasteiger partial charge in [0, 0.05) is 19.3 Å². The number of rotatable bonds is 3. The molecule has 0 aliphatic heterocycles. The van der Waals surface area contributed by atoms with E-state index >= 15 is 0 Å². The molecule has 0 N–H and O–H groups in total. The summed E-state index contributed by atoms with van der Waals surface area (Å²) in [5.74, 6) is 0.463. The van der Waals surface area contributed by atoms with Gasteiger partial charge in [0.05, 0.1) is 0 Å². The minimum absolute atomic E-state index is 0.000231. The van der Waals surface area contributed by atoms with Crippen LogP contribution in [0.2, 0.25) is 0 Å². The SMILES string of the molecule is CC1CCCCC1N(C)C(=O)Cn1nc2ccccn2c1=O. The Morgan fingerprint density at radius 1 is 1.36 bits per heavy atom. The van der Waals surface area contributed by atoms with Gasteiger partial charge in [0.25, 0.3) is 0 Å². The lowest BCUT2D eigenvalue weighted by Gasteiger charge is -2.36. The molecule has 6 nitrogen and oxygen atoms in total. The number of fused-ring (bicyclic) bond motifs is 1. The van der Waals surface area contributed by atoms with Crippen molar-refractivity contribution < 1.29 is 4.79 Å². The second-order valence-electron chi connectivity index (χ2n) is 6.20. The molecule has 1 aliphatic carbocycles. The first-order valence-corrected chi connectivity index (χ1v) is 7.88. The molecule has 1 fully saturated rings. The summed E-state index contributed by atoms with van der Waals surface area (Å²) in [7, 11) is 1.84. The third-order valence-corrected chi connectivity index (χ3v) is 4.73. The number of hydrogen-bond acceptors (Lipinski definition) is 3. The van der Waals surface area contributed by atoms with E-state index in [1.54, 1.807) is 23.2 Å². The summed E-state index contributed by atoms with van der Waals surface area (Å²) in [5.41, 5.74) is 0.294. The molecule has 1 saturated carbocycles. The number of carbonyl (C=O) groups is 1. The van der Waals surface area contributed by atoms with Gasteiger partial charge in [-0.25, -0.2) is 9.48 Å². The highest BCUT2D eigenvalue weighted by molar-refractivity contribution is 5.76. The fourth-order valence-electron chi connectivity index (χ4n) is 3.37. The van der Waals surface area contributed by atoms with Gasteiger partial charge < -0.3 is 4.90 Å². The van der Waals surface area contributed by atoms with E-state index < -0.39 is 0 Å². The van der Waals surface area contributed by atoms with Crippen molar-refractivity contribution >= 4 is 11.6 Å². The van der Waals surface area contributed by atoms with Gasteiger partial charge in [-0.05, 0) is 30.9 Å². The van der Waals surface area contributed by atoms with E-state index in [1.165, 1.54) is 21.9 Å². The van der Waals surface area contributed by atoms with Gasteiger partial charge in [0.15, 0.2) is 5.65 Å². The van der Waals surface area contributed by atoms with E-state index in [4.69, 9.17) is 0 Å². The lowest BCUT2D eigenvalue weighted by Crippen LogP contribution is -2.45. The summed E-state index contributed by atoms with van der Waals surface area (Å²) in [6.45, 7) is 2.20. The maximum atomic E-state index is 12.5. The average Bonchev–Trinajstić information content (AvgIpc) is 2.84. The number of likely N-dealkylation sites (N-methyl/N-ethyl adjacent to an activating group) is 1. The molecule has 2 atom stereocenters. The van der Waals surface area contributed by atoms with Crippen molar-refractivity contribution in [3.05, 3.63) is 34.9 Å². The highest BCUT2D eigenvalue weighted by Gasteiger charge is 2.28. The average molecular weight is 302 g/mol. The normalized spacial score (nSPS) is 21.9. The summed E-state index contributed by atoms with van der Waals surface area (Å²) in [4.78, 5) is 26.5. The lowest BCUT2D eigenvalue weighted by molar-refractivity contribution is -0.134. The van der Waals surface area contributed by atoms with Crippen LogP contribution < -0.4 is 5.69 Å². The fraction of sp³-hybridized carbons (Fsp3) is 0.562. The molecule has 2 aromatic rings. The molecule has 2 aromatic heterocycles. The van der Waals surface area contributed by atoms with E-state index in [9.17, 15) is 9.59 Å². The van der Waals surface area contributed by atoms with Crippen molar-refractivity contribution in [2.45, 2.75) is 45.2 Å². The Labute approximate surface area is 129 Å². The van der Waals surface area contributed by atoms with E-state index in [1.807, 2.05) is 13.1 Å². The van der Waals surface area contributed by atoms with Gasteiger partial charge >= 0.3 is 5.69 Å². The quantitative estimate of drug-likeness (QED) is 0.864. The van der Waals surface area contributed by atoms with Crippen LogP contribution in [-0.4, -0.2) is 38.1 Å². The summed E-state index contributed by atoms with van der Waals surface area (Å²) in [6.07, 6.45) is 6.28. The van der Waals surface area contributed by atoms with Gasteiger partial charge in [-0.15, -0.1) is 5.10 Å². The molecule has 1 aliphatic rings. The van der Waals surface area contributed by atoms with E-state index in [-0.39, 0.29) is 24.2 Å². The standard InChI is InChI=1S/C16H22N4O2/c1-12-7-3-4-8-13(12)18(2)15(21)11-20-16(22)19-10-6-5-9-14(19)17-20/h5-6,9-10,12-13H,3-4,7-8,11H2,1-2H3. The highest BCUT2D eigenvalue weighted by atomic mass is 16.2. The van der Waals surface area contributed by atoms with E-state index in [0.717, 1.165) is 12.8 Å². The van der Waals surface area contributed by atoms with Crippen molar-refractivity contribution in [3.8, 4) is 0 Å². The van der Waals surface area contributed by atoms with Crippen LogP contribution in [0.1, 0.15) is 32.6 Å². The molecular weight excluding hydrogens is 280 g/mol. The van der Waals surface area contributed by atoms with Crippen LogP contribution in [0.5, 0.6) is 0 Å². The van der Waals surface area contributed by atoms with E-state index in [2.05, 4.69) is 12.0 Å². The number of amides is 1. The molecule has 118 valence electrons. The molecule has 0 saturated heterocycles. The first kappa shape index (κ1) is 14.8. The highest BCUT2D eigenvalue weighted by Crippen LogP contribution is 2.27. The van der Waals surface area contributed by atoms with Crippen LogP contribution in [0.3, 0.4) is 0 Å². The van der Waals surface area contributed by atoms with Crippen molar-refractivity contribution in [1.29, 1.82) is 0 Å². The summed E-state index contributed by atoms with van der Waals surface area (Å²) in [6, 6.07) is 5.63. The molecular formula is C16H22N4O2. The Hall–Kier alpha value is -2.11. The lowest BCUT2D eigenvalue weighted by atomic mass is 9.85. The number of carbonyl (C=O) groups excluding carboxylic acids is 1. The van der Waals surface area contributed by atoms with Crippen molar-refractivity contribution in [1.82, 2.24) is 19.1 Å². The molecule has 22 heavy (non-hydrogen) atoms. The first-order valence-electron chi connectivity index (χ1n) is 7.88. The van der Waals surface area contributed by atoms with Crippen LogP contribution >= 0.6 is 0 Å². The van der Waals surface area contributed by atoms with Gasteiger partial charge in [-0.2, -0.15) is 0 Å². The van der Waals surface area contributed by atoms with Gasteiger partial charge in [0.1, 0.15) is 6.54 Å². The van der Waals surface area contributed by atoms with Gasteiger partial charge in [-0.1, -0.05) is 25.8 Å². The molecule has 0 bridgehead atoms. The molecule has 2 unspecified atom stereocenters. The van der Waals surface area contributed by atoms with Gasteiger partial charge in [0.2, 0.25) is 5.91 Å². The Morgan fingerprint density at radius 3 is 2.86 bits per heavy atom. The monoisotopic (exact) mass is 302 g/mol. The predicted octanol–water partition coefficient (Wildman–Crippen LogP) is 1.53. The molecule has 1 amide bonds. The second kappa shape index (κ2) is 5.94. The van der Waals surface area contributed by atoms with E-state index in [0.29, 0.717) is 11.6 Å². The van der Waals surface area contributed by atoms with Crippen molar-refractivity contribution in [3.63, 3.8) is 0 Å². The number of pyridine rings is 1. The number of aromatic nitrogens is 3. The molecule has 0 spiro atoms. The van der Waals surface area contributed by atoms with Crippen LogP contribution in [-0.2, 0) is 11.3 Å². The third-order valence-electron chi connectivity index (χ3n) is 4.73. The van der Waals surface area contributed by atoms with Crippen molar-refractivity contribution in [2.75, 3.05) is 7.05 Å². The topological polar surface area (TPSA) is 59.6 Å². The predicted molar refractivity (Wildman–Crippen MR) is 83.6 cm³/mol. The smallest absolute Gasteiger partial charge is 0.341 e. The van der Waals surface area contributed by atoms with Crippen LogP contribution in [0.4, 0.5) is 0 Å². The largest absolute Gasteiger partial charge is 0.350 e. The Bertz CT molecular complexity index is 733. The van der Waals surface area contributed by atoms with Crippen LogP contribution in [0.25, 0.3) is 5.65 Å². The minimum Gasteiger partial charge on any atom is -0.341 e. The third kappa shape index (κ3) is 2.65. The first-order chi connectivity index (χ1) is 10.6. The minimum atomic E-state index is -0.269. The molecule has 3 rings (SSSR count). The fourth-order valence-corrected chi connectivity index (χ4v) is 3.37. The number of nitrogens with zero attached hydrogens (tertiary/aromatic N) is 4. The van der Waals surface area contributed by atoms with Crippen LogP contribution in [0, 0.1) is 5.92 Å². The second-order valence-corrected chi connectivity index (χ2v) is 6.20. The maximum absolute atomic E-state index is 12.5. The Kier molecular flexibility index (Phi) is 4.00. The summed E-state index contributed by atoms with van der Waals surface area (Å²) < 4.78 is 2.71. The zero-order chi connectivity index (χ0) is 15.7. The zero-order valence-corrected chi connectivity index (χ0v) is 13.1. The molecule has 6 heteroatoms.